The number of rotatable bonds is 8. The molecule has 2 saturated heterocycles. The van der Waals surface area contributed by atoms with Gasteiger partial charge in [0.1, 0.15) is 0 Å². The normalized spacial score (nSPS) is 20.2. The highest BCUT2D eigenvalue weighted by Crippen LogP contribution is 2.18. The number of carbonyl (C=O) groups is 1. The second-order valence-electron chi connectivity index (χ2n) is 8.72. The van der Waals surface area contributed by atoms with Crippen LogP contribution in [0.5, 0.6) is 0 Å². The number of benzene rings is 1. The van der Waals surface area contributed by atoms with Gasteiger partial charge in [0.15, 0.2) is 0 Å². The van der Waals surface area contributed by atoms with Crippen LogP contribution in [0, 0.1) is 11.8 Å². The zero-order valence-corrected chi connectivity index (χ0v) is 17.5. The van der Waals surface area contributed by atoms with Gasteiger partial charge in [-0.1, -0.05) is 37.3 Å². The van der Waals surface area contributed by atoms with Crippen LogP contribution in [-0.2, 0) is 6.54 Å². The quantitative estimate of drug-likeness (QED) is 0.674. The molecular formula is C23H38N4O. The van der Waals surface area contributed by atoms with E-state index in [9.17, 15) is 4.79 Å². The zero-order valence-electron chi connectivity index (χ0n) is 17.5. The van der Waals surface area contributed by atoms with Crippen LogP contribution in [0.1, 0.15) is 44.6 Å². The highest BCUT2D eigenvalue weighted by Gasteiger charge is 2.20. The van der Waals surface area contributed by atoms with Crippen LogP contribution in [0.2, 0.25) is 0 Å². The second kappa shape index (κ2) is 11.4. The third-order valence-corrected chi connectivity index (χ3v) is 6.32. The Hall–Kier alpha value is -1.59. The molecule has 1 aromatic carbocycles. The molecule has 5 heteroatoms. The van der Waals surface area contributed by atoms with Gasteiger partial charge in [0.05, 0.1) is 0 Å². The summed E-state index contributed by atoms with van der Waals surface area (Å²) in [6.45, 7) is 10.7. The van der Waals surface area contributed by atoms with E-state index >= 15 is 0 Å². The molecule has 2 aliphatic heterocycles. The summed E-state index contributed by atoms with van der Waals surface area (Å²) in [6.07, 6.45) is 6.01. The average molecular weight is 387 g/mol. The number of carbonyl (C=O) groups excluding carboxylic acids is 1. The summed E-state index contributed by atoms with van der Waals surface area (Å²) in [7, 11) is 0. The molecule has 0 radical (unpaired) electrons. The van der Waals surface area contributed by atoms with Crippen LogP contribution in [0.15, 0.2) is 30.3 Å². The molecule has 156 valence electrons. The van der Waals surface area contributed by atoms with Gasteiger partial charge < -0.3 is 15.5 Å². The molecule has 2 aliphatic rings. The SMILES string of the molecule is CC1CCN(CCCNC(=O)NCC2CCN(Cc3ccccc3)CC2)CC1. The Labute approximate surface area is 170 Å². The van der Waals surface area contributed by atoms with Gasteiger partial charge in [0, 0.05) is 19.6 Å². The van der Waals surface area contributed by atoms with Crippen LogP contribution < -0.4 is 10.6 Å². The van der Waals surface area contributed by atoms with Crippen molar-refractivity contribution in [1.82, 2.24) is 20.4 Å². The molecule has 0 aromatic heterocycles. The van der Waals surface area contributed by atoms with Crippen molar-refractivity contribution in [2.24, 2.45) is 11.8 Å². The first-order valence-corrected chi connectivity index (χ1v) is 11.2. The van der Waals surface area contributed by atoms with Crippen LogP contribution in [-0.4, -0.2) is 61.6 Å². The fourth-order valence-electron chi connectivity index (χ4n) is 4.28. The van der Waals surface area contributed by atoms with Gasteiger partial charge in [0.25, 0.3) is 0 Å². The molecular weight excluding hydrogens is 348 g/mol. The molecule has 5 nitrogen and oxygen atoms in total. The third-order valence-electron chi connectivity index (χ3n) is 6.32. The van der Waals surface area contributed by atoms with Gasteiger partial charge in [-0.05, 0) is 82.2 Å². The van der Waals surface area contributed by atoms with E-state index in [4.69, 9.17) is 0 Å². The van der Waals surface area contributed by atoms with Crippen molar-refractivity contribution < 1.29 is 4.79 Å². The Balaban J connectivity index is 1.21. The van der Waals surface area contributed by atoms with Crippen molar-refractivity contribution in [1.29, 1.82) is 0 Å². The Morgan fingerprint density at radius 1 is 0.964 bits per heavy atom. The first-order valence-electron chi connectivity index (χ1n) is 11.2. The lowest BCUT2D eigenvalue weighted by Gasteiger charge is -2.32. The highest BCUT2D eigenvalue weighted by atomic mass is 16.2. The fourth-order valence-corrected chi connectivity index (χ4v) is 4.28. The van der Waals surface area contributed by atoms with Crippen LogP contribution in [0.4, 0.5) is 4.79 Å². The topological polar surface area (TPSA) is 47.6 Å². The van der Waals surface area contributed by atoms with E-state index in [0.717, 1.165) is 51.6 Å². The lowest BCUT2D eigenvalue weighted by atomic mass is 9.96. The minimum absolute atomic E-state index is 0.000943. The van der Waals surface area contributed by atoms with Crippen molar-refractivity contribution in [2.45, 2.75) is 45.6 Å². The van der Waals surface area contributed by atoms with Crippen LogP contribution in [0.25, 0.3) is 0 Å². The summed E-state index contributed by atoms with van der Waals surface area (Å²) >= 11 is 0. The summed E-state index contributed by atoms with van der Waals surface area (Å²) in [4.78, 5) is 17.1. The summed E-state index contributed by atoms with van der Waals surface area (Å²) in [5.41, 5.74) is 1.39. The van der Waals surface area contributed by atoms with Crippen molar-refractivity contribution in [3.05, 3.63) is 35.9 Å². The minimum Gasteiger partial charge on any atom is -0.338 e. The van der Waals surface area contributed by atoms with E-state index in [2.05, 4.69) is 57.7 Å². The van der Waals surface area contributed by atoms with E-state index in [0.29, 0.717) is 5.92 Å². The zero-order chi connectivity index (χ0) is 19.6. The molecule has 2 fully saturated rings. The molecule has 0 atom stereocenters. The Morgan fingerprint density at radius 2 is 1.64 bits per heavy atom. The van der Waals surface area contributed by atoms with Crippen LogP contribution >= 0.6 is 0 Å². The van der Waals surface area contributed by atoms with Crippen molar-refractivity contribution in [3.8, 4) is 0 Å². The van der Waals surface area contributed by atoms with E-state index in [1.165, 1.54) is 44.3 Å². The molecule has 0 saturated carbocycles. The van der Waals surface area contributed by atoms with Gasteiger partial charge in [-0.3, -0.25) is 4.90 Å². The van der Waals surface area contributed by atoms with Gasteiger partial charge in [0.2, 0.25) is 0 Å². The molecule has 2 amide bonds. The van der Waals surface area contributed by atoms with E-state index in [1.54, 1.807) is 0 Å². The number of nitrogens with one attached hydrogen (secondary N) is 2. The lowest BCUT2D eigenvalue weighted by Crippen LogP contribution is -2.42. The van der Waals surface area contributed by atoms with E-state index in [1.807, 2.05) is 0 Å². The van der Waals surface area contributed by atoms with Crippen molar-refractivity contribution in [3.63, 3.8) is 0 Å². The first-order chi connectivity index (χ1) is 13.7. The Bertz CT molecular complexity index is 563. The number of amides is 2. The van der Waals surface area contributed by atoms with Crippen LogP contribution in [0.3, 0.4) is 0 Å². The number of nitrogens with zero attached hydrogens (tertiary/aromatic N) is 2. The Kier molecular flexibility index (Phi) is 8.62. The molecule has 3 rings (SSSR count). The first kappa shape index (κ1) is 21.1. The third kappa shape index (κ3) is 7.44. The summed E-state index contributed by atoms with van der Waals surface area (Å²) in [6, 6.07) is 10.7. The maximum Gasteiger partial charge on any atom is 0.314 e. The molecule has 0 unspecified atom stereocenters. The molecule has 2 heterocycles. The predicted octanol–water partition coefficient (Wildman–Crippen LogP) is 3.32. The Morgan fingerprint density at radius 3 is 2.36 bits per heavy atom. The molecule has 28 heavy (non-hydrogen) atoms. The van der Waals surface area contributed by atoms with Gasteiger partial charge in [-0.25, -0.2) is 4.79 Å². The van der Waals surface area contributed by atoms with E-state index < -0.39 is 0 Å². The lowest BCUT2D eigenvalue weighted by molar-refractivity contribution is 0.174. The van der Waals surface area contributed by atoms with Crippen molar-refractivity contribution >= 4 is 6.03 Å². The monoisotopic (exact) mass is 386 g/mol. The number of likely N-dealkylation sites (tertiary alicyclic amines) is 2. The largest absolute Gasteiger partial charge is 0.338 e. The average Bonchev–Trinajstić information content (AvgIpc) is 2.73. The molecule has 0 spiro atoms. The van der Waals surface area contributed by atoms with E-state index in [-0.39, 0.29) is 6.03 Å². The number of urea groups is 1. The predicted molar refractivity (Wildman–Crippen MR) is 115 cm³/mol. The maximum atomic E-state index is 12.0. The second-order valence-corrected chi connectivity index (χ2v) is 8.72. The fraction of sp³-hybridized carbons (Fsp3) is 0.696. The van der Waals surface area contributed by atoms with Gasteiger partial charge in [-0.2, -0.15) is 0 Å². The molecule has 0 aliphatic carbocycles. The summed E-state index contributed by atoms with van der Waals surface area (Å²) in [5, 5.41) is 6.10. The molecule has 1 aromatic rings. The number of hydrogen-bond acceptors (Lipinski definition) is 3. The summed E-state index contributed by atoms with van der Waals surface area (Å²) in [5.74, 6) is 1.48. The standard InChI is InChI=1S/C23H38N4O/c1-20-8-14-26(15-9-20)13-5-12-24-23(28)25-18-21-10-16-27(17-11-21)19-22-6-3-2-4-7-22/h2-4,6-7,20-21H,5,8-19H2,1H3,(H2,24,25,28). The molecule has 2 N–H and O–H groups in total. The summed E-state index contributed by atoms with van der Waals surface area (Å²) < 4.78 is 0. The molecule has 0 bridgehead atoms. The highest BCUT2D eigenvalue weighted by molar-refractivity contribution is 5.73. The van der Waals surface area contributed by atoms with Gasteiger partial charge in [-0.15, -0.1) is 0 Å². The number of piperidine rings is 2. The minimum atomic E-state index is -0.000943. The van der Waals surface area contributed by atoms with Crippen molar-refractivity contribution in [2.75, 3.05) is 45.8 Å². The number of hydrogen-bond donors (Lipinski definition) is 2. The smallest absolute Gasteiger partial charge is 0.314 e. The maximum absolute atomic E-state index is 12.0. The van der Waals surface area contributed by atoms with Gasteiger partial charge >= 0.3 is 6.03 Å².